The summed E-state index contributed by atoms with van der Waals surface area (Å²) >= 11 is 0. The number of aliphatic hydroxyl groups is 8. The number of unbranched alkanes of at least 4 members (excludes halogenated alkanes) is 54. The maximum absolute atomic E-state index is 13.4. The lowest BCUT2D eigenvalue weighted by Gasteiger charge is -2.46. The molecule has 2 fully saturated rings. The van der Waals surface area contributed by atoms with Gasteiger partial charge in [-0.15, -0.1) is 0 Å². The molecule has 2 heterocycles. The van der Waals surface area contributed by atoms with Gasteiger partial charge in [0.1, 0.15) is 48.8 Å². The highest BCUT2D eigenvalue weighted by Gasteiger charge is 2.51. The molecule has 14 nitrogen and oxygen atoms in total. The highest BCUT2D eigenvalue weighted by molar-refractivity contribution is 5.76. The molecule has 0 aromatic rings. The van der Waals surface area contributed by atoms with Gasteiger partial charge in [-0.3, -0.25) is 4.79 Å². The summed E-state index contributed by atoms with van der Waals surface area (Å²) in [4.78, 5) is 13.4. The summed E-state index contributed by atoms with van der Waals surface area (Å²) in [5.41, 5.74) is 0. The van der Waals surface area contributed by atoms with Gasteiger partial charge < -0.3 is 65.1 Å². The fraction of sp³-hybridized carbons (Fsp3) is 0.895. The zero-order valence-corrected chi connectivity index (χ0v) is 64.7. The smallest absolute Gasteiger partial charge is 0.220 e. The van der Waals surface area contributed by atoms with E-state index in [9.17, 15) is 45.6 Å². The van der Waals surface area contributed by atoms with Crippen LogP contribution in [-0.2, 0) is 23.7 Å². The standard InChI is InChI=1S/C86H161NO13/c1-3-5-7-9-11-13-15-17-19-21-23-25-27-29-30-31-32-33-34-35-36-37-38-39-40-41-42-43-44-46-48-50-52-54-56-58-60-62-64-66-68-70-78(91)87-74(73-97-85-83(96)81(94)84(77(72-89)99-85)100-86-82(95)80(93)79(92)76(71-88)98-86)75(90)69-67-65-63-61-59-57-55-53-51-49-47-45-28-26-24-22-20-18-16-14-12-10-8-6-4-2/h15,17,21,23,27,29,67,69,74-77,79-86,88-90,92-96H,3-14,16,18-20,22,24-26,28,30-66,68,70-73H2,1-2H3,(H,87,91)/b17-15-,23-21-,29-27-,69-67+. The number of ether oxygens (including phenoxy) is 4. The minimum Gasteiger partial charge on any atom is -0.394 e. The summed E-state index contributed by atoms with van der Waals surface area (Å²) in [5.74, 6) is -0.230. The highest BCUT2D eigenvalue weighted by Crippen LogP contribution is 2.30. The summed E-state index contributed by atoms with van der Waals surface area (Å²) < 4.78 is 22.9. The molecule has 100 heavy (non-hydrogen) atoms. The average molecular weight is 1420 g/mol. The minimum absolute atomic E-state index is 0.230. The minimum atomic E-state index is -1.79. The van der Waals surface area contributed by atoms with Crippen molar-refractivity contribution in [1.29, 1.82) is 0 Å². The summed E-state index contributed by atoms with van der Waals surface area (Å²) in [5, 5.41) is 87.8. The van der Waals surface area contributed by atoms with Crippen molar-refractivity contribution in [2.24, 2.45) is 0 Å². The molecule has 0 aliphatic carbocycles. The summed E-state index contributed by atoms with van der Waals surface area (Å²) in [6.45, 7) is 2.85. The largest absolute Gasteiger partial charge is 0.394 e. The van der Waals surface area contributed by atoms with Crippen molar-refractivity contribution >= 4 is 5.91 Å². The Morgan fingerprint density at radius 3 is 1.01 bits per heavy atom. The van der Waals surface area contributed by atoms with E-state index >= 15 is 0 Å². The average Bonchev–Trinajstić information content (AvgIpc) is 0.791. The first-order valence-corrected chi connectivity index (χ1v) is 42.9. The number of hydrogen-bond donors (Lipinski definition) is 9. The van der Waals surface area contributed by atoms with Crippen LogP contribution in [0.1, 0.15) is 399 Å². The Hall–Kier alpha value is -2.05. The predicted molar refractivity (Wildman–Crippen MR) is 415 cm³/mol. The highest BCUT2D eigenvalue weighted by atomic mass is 16.7. The van der Waals surface area contributed by atoms with Crippen LogP contribution >= 0.6 is 0 Å². The molecule has 0 aromatic carbocycles. The van der Waals surface area contributed by atoms with E-state index < -0.39 is 86.8 Å². The Morgan fingerprint density at radius 2 is 0.660 bits per heavy atom. The number of carbonyl (C=O) groups is 1. The van der Waals surface area contributed by atoms with Crippen LogP contribution in [0, 0.1) is 0 Å². The van der Waals surface area contributed by atoms with E-state index in [4.69, 9.17) is 18.9 Å². The first kappa shape index (κ1) is 94.0. The molecular formula is C86H161NO13. The van der Waals surface area contributed by atoms with Gasteiger partial charge in [0.2, 0.25) is 5.91 Å². The van der Waals surface area contributed by atoms with Crippen LogP contribution in [-0.4, -0.2) is 140 Å². The Kier molecular flexibility index (Phi) is 65.8. The summed E-state index contributed by atoms with van der Waals surface area (Å²) in [7, 11) is 0. The number of nitrogens with one attached hydrogen (secondary N) is 1. The molecule has 12 atom stereocenters. The van der Waals surface area contributed by atoms with Crippen molar-refractivity contribution in [2.75, 3.05) is 19.8 Å². The van der Waals surface area contributed by atoms with E-state index in [0.29, 0.717) is 6.42 Å². The van der Waals surface area contributed by atoms with Crippen LogP contribution in [0.4, 0.5) is 0 Å². The van der Waals surface area contributed by atoms with Gasteiger partial charge in [-0.1, -0.05) is 383 Å². The normalized spacial score (nSPS) is 22.0. The van der Waals surface area contributed by atoms with Crippen molar-refractivity contribution in [3.8, 4) is 0 Å². The molecule has 0 aromatic heterocycles. The fourth-order valence-corrected chi connectivity index (χ4v) is 14.2. The number of rotatable bonds is 73. The van der Waals surface area contributed by atoms with Gasteiger partial charge >= 0.3 is 0 Å². The van der Waals surface area contributed by atoms with E-state index in [1.54, 1.807) is 6.08 Å². The Labute approximate surface area is 614 Å². The number of amides is 1. The maximum Gasteiger partial charge on any atom is 0.220 e. The second kappa shape index (κ2) is 70.0. The van der Waals surface area contributed by atoms with E-state index in [0.717, 1.165) is 51.4 Å². The molecule has 2 saturated heterocycles. The molecule has 14 heteroatoms. The first-order valence-electron chi connectivity index (χ1n) is 42.9. The van der Waals surface area contributed by atoms with Crippen molar-refractivity contribution < 1.29 is 64.6 Å². The molecule has 588 valence electrons. The zero-order chi connectivity index (χ0) is 72.2. The van der Waals surface area contributed by atoms with Crippen LogP contribution in [0.15, 0.2) is 48.6 Å². The second-order valence-corrected chi connectivity index (χ2v) is 30.3. The van der Waals surface area contributed by atoms with E-state index in [-0.39, 0.29) is 18.9 Å². The molecule has 0 radical (unpaired) electrons. The van der Waals surface area contributed by atoms with Gasteiger partial charge in [-0.25, -0.2) is 0 Å². The third kappa shape index (κ3) is 52.0. The number of hydrogen-bond acceptors (Lipinski definition) is 13. The first-order chi connectivity index (χ1) is 49.1. The van der Waals surface area contributed by atoms with Gasteiger partial charge in [0, 0.05) is 6.42 Å². The third-order valence-electron chi connectivity index (χ3n) is 21.0. The molecule has 9 N–H and O–H groups in total. The van der Waals surface area contributed by atoms with Gasteiger partial charge in [-0.05, 0) is 57.8 Å². The van der Waals surface area contributed by atoms with Crippen molar-refractivity contribution in [3.05, 3.63) is 48.6 Å². The quantitative estimate of drug-likeness (QED) is 0.0204. The summed E-state index contributed by atoms with van der Waals surface area (Å²) in [6.07, 6.45) is 77.9. The van der Waals surface area contributed by atoms with E-state index in [2.05, 4.69) is 55.6 Å². The van der Waals surface area contributed by atoms with Crippen molar-refractivity contribution in [3.63, 3.8) is 0 Å². The molecule has 0 bridgehead atoms. The number of allylic oxidation sites excluding steroid dienone is 7. The molecule has 2 aliphatic heterocycles. The molecule has 2 rings (SSSR count). The zero-order valence-electron chi connectivity index (χ0n) is 64.7. The molecule has 12 unspecified atom stereocenters. The van der Waals surface area contributed by atoms with Crippen molar-refractivity contribution in [1.82, 2.24) is 5.32 Å². The Bertz CT molecular complexity index is 1870. The third-order valence-corrected chi connectivity index (χ3v) is 21.0. The van der Waals surface area contributed by atoms with Crippen molar-refractivity contribution in [2.45, 2.75) is 473 Å². The van der Waals surface area contributed by atoms with Gasteiger partial charge in [-0.2, -0.15) is 0 Å². The van der Waals surface area contributed by atoms with Crippen LogP contribution in [0.3, 0.4) is 0 Å². The molecular weight excluding hydrogens is 1250 g/mol. The van der Waals surface area contributed by atoms with E-state index in [1.165, 1.54) is 321 Å². The maximum atomic E-state index is 13.4. The van der Waals surface area contributed by atoms with Crippen LogP contribution < -0.4 is 5.32 Å². The van der Waals surface area contributed by atoms with Crippen LogP contribution in [0.2, 0.25) is 0 Å². The van der Waals surface area contributed by atoms with E-state index in [1.807, 2.05) is 6.08 Å². The Morgan fingerprint density at radius 1 is 0.360 bits per heavy atom. The lowest BCUT2D eigenvalue weighted by molar-refractivity contribution is -0.359. The monoisotopic (exact) mass is 1420 g/mol. The molecule has 0 saturated carbocycles. The SMILES string of the molecule is CCCCCCC/C=C\C/C=C\C/C=C\CCCCCCCCCCCCCCCCCCCCCCCCCCCCC(=O)NC(COC1OC(CO)C(OC2OC(CO)C(O)C(O)C2O)C(O)C1O)C(O)/C=C/CCCCCCCCCCCCCCCCCCCCCCCCC. The van der Waals surface area contributed by atoms with Crippen LogP contribution in [0.25, 0.3) is 0 Å². The molecule has 0 spiro atoms. The second-order valence-electron chi connectivity index (χ2n) is 30.3. The lowest BCUT2D eigenvalue weighted by Crippen LogP contribution is -2.65. The summed E-state index contributed by atoms with van der Waals surface area (Å²) in [6, 6.07) is -0.915. The molecule has 2 aliphatic rings. The van der Waals surface area contributed by atoms with Gasteiger partial charge in [0.05, 0.1) is 32.0 Å². The lowest BCUT2D eigenvalue weighted by atomic mass is 9.97. The fourth-order valence-electron chi connectivity index (χ4n) is 14.2. The van der Waals surface area contributed by atoms with Crippen LogP contribution in [0.5, 0.6) is 0 Å². The molecule has 1 amide bonds. The number of aliphatic hydroxyl groups excluding tert-OH is 8. The Balaban J connectivity index is 1.56. The number of carbonyl (C=O) groups excluding carboxylic acids is 1. The topological polar surface area (TPSA) is 228 Å². The van der Waals surface area contributed by atoms with Gasteiger partial charge in [0.15, 0.2) is 12.6 Å². The predicted octanol–water partition coefficient (Wildman–Crippen LogP) is 20.1. The van der Waals surface area contributed by atoms with Gasteiger partial charge in [0.25, 0.3) is 0 Å².